The van der Waals surface area contributed by atoms with Gasteiger partial charge >= 0.3 is 5.97 Å². The lowest BCUT2D eigenvalue weighted by molar-refractivity contribution is 0.0697. The highest BCUT2D eigenvalue weighted by Gasteiger charge is 2.25. The normalized spacial score (nSPS) is 15.8. The minimum atomic E-state index is -0.872. The Morgan fingerprint density at radius 2 is 1.79 bits per heavy atom. The molecule has 1 atom stereocenters. The fourth-order valence-corrected chi connectivity index (χ4v) is 4.41. The molecule has 3 nitrogen and oxygen atoms in total. The molecule has 3 heteroatoms. The van der Waals surface area contributed by atoms with E-state index in [4.69, 9.17) is 5.11 Å². The Morgan fingerprint density at radius 3 is 2.52 bits per heavy atom. The summed E-state index contributed by atoms with van der Waals surface area (Å²) in [4.78, 5) is 13.6. The maximum absolute atomic E-state index is 11.1. The van der Waals surface area contributed by atoms with Gasteiger partial charge in [-0.05, 0) is 73.1 Å². The van der Waals surface area contributed by atoms with Gasteiger partial charge in [-0.15, -0.1) is 0 Å². The number of aryl methyl sites for hydroxylation is 2. The molecule has 4 rings (SSSR count). The molecule has 0 radical (unpaired) electrons. The number of carboxylic acids is 1. The van der Waals surface area contributed by atoms with Gasteiger partial charge in [0.15, 0.2) is 0 Å². The second-order valence-electron chi connectivity index (χ2n) is 8.22. The minimum Gasteiger partial charge on any atom is -0.478 e. The molecule has 0 amide bonds. The first-order valence-electron chi connectivity index (χ1n) is 10.2. The van der Waals surface area contributed by atoms with Gasteiger partial charge in [0.1, 0.15) is 0 Å². The standard InChI is InChI=1S/C26H27NO2/c1-18-7-10-24(19(2)13-18)17-27-16-21(15-23-5-3-4-6-25(23)27)14-20-8-11-22(12-9-20)26(28)29/h3-13,21H,14-17H2,1-2H3,(H,28,29). The first kappa shape index (κ1) is 19.3. The first-order chi connectivity index (χ1) is 14.0. The molecule has 0 spiro atoms. The van der Waals surface area contributed by atoms with Crippen molar-refractivity contribution in [2.45, 2.75) is 33.2 Å². The van der Waals surface area contributed by atoms with Crippen LogP contribution in [0.1, 0.15) is 38.2 Å². The van der Waals surface area contributed by atoms with E-state index in [-0.39, 0.29) is 0 Å². The number of carboxylic acid groups (broad SMARTS) is 1. The van der Waals surface area contributed by atoms with Crippen LogP contribution >= 0.6 is 0 Å². The van der Waals surface area contributed by atoms with Gasteiger partial charge < -0.3 is 10.0 Å². The summed E-state index contributed by atoms with van der Waals surface area (Å²) in [5, 5.41) is 9.11. The Labute approximate surface area is 172 Å². The van der Waals surface area contributed by atoms with Crippen LogP contribution in [0.3, 0.4) is 0 Å². The molecule has 0 fully saturated rings. The molecule has 0 aliphatic carbocycles. The number of fused-ring (bicyclic) bond motifs is 1. The summed E-state index contributed by atoms with van der Waals surface area (Å²) in [6.07, 6.45) is 2.01. The molecule has 1 N–H and O–H groups in total. The molecule has 0 saturated heterocycles. The van der Waals surface area contributed by atoms with Crippen LogP contribution in [-0.4, -0.2) is 17.6 Å². The van der Waals surface area contributed by atoms with E-state index in [1.54, 1.807) is 12.1 Å². The van der Waals surface area contributed by atoms with E-state index in [1.807, 2.05) is 12.1 Å². The molecule has 1 aliphatic rings. The molecule has 3 aromatic rings. The molecule has 1 heterocycles. The molecule has 3 aromatic carbocycles. The molecule has 0 saturated carbocycles. The molecular weight excluding hydrogens is 358 g/mol. The summed E-state index contributed by atoms with van der Waals surface area (Å²) < 4.78 is 0. The summed E-state index contributed by atoms with van der Waals surface area (Å²) in [5.41, 5.74) is 8.30. The van der Waals surface area contributed by atoms with Gasteiger partial charge in [0.05, 0.1) is 5.56 Å². The van der Waals surface area contributed by atoms with Crippen LogP contribution in [0.15, 0.2) is 66.7 Å². The fraction of sp³-hybridized carbons (Fsp3) is 0.269. The lowest BCUT2D eigenvalue weighted by Crippen LogP contribution is -2.36. The smallest absolute Gasteiger partial charge is 0.335 e. The van der Waals surface area contributed by atoms with E-state index < -0.39 is 5.97 Å². The van der Waals surface area contributed by atoms with Crippen LogP contribution < -0.4 is 4.90 Å². The average molecular weight is 386 g/mol. The van der Waals surface area contributed by atoms with Crippen LogP contribution in [0.4, 0.5) is 5.69 Å². The zero-order valence-electron chi connectivity index (χ0n) is 17.1. The Balaban J connectivity index is 1.56. The maximum atomic E-state index is 11.1. The Kier molecular flexibility index (Phi) is 5.39. The van der Waals surface area contributed by atoms with Gasteiger partial charge in [0.25, 0.3) is 0 Å². The molecule has 1 unspecified atom stereocenters. The van der Waals surface area contributed by atoms with Crippen LogP contribution in [-0.2, 0) is 19.4 Å². The number of aromatic carboxylic acids is 1. The van der Waals surface area contributed by atoms with Crippen LogP contribution in [0.2, 0.25) is 0 Å². The largest absolute Gasteiger partial charge is 0.478 e. The van der Waals surface area contributed by atoms with E-state index in [1.165, 1.54) is 33.5 Å². The molecule has 1 aliphatic heterocycles. The summed E-state index contributed by atoms with van der Waals surface area (Å²) in [6, 6.07) is 22.8. The van der Waals surface area contributed by atoms with Crippen LogP contribution in [0.5, 0.6) is 0 Å². The average Bonchev–Trinajstić information content (AvgIpc) is 2.70. The predicted octanol–water partition coefficient (Wildman–Crippen LogP) is 5.42. The lowest BCUT2D eigenvalue weighted by atomic mass is 9.87. The zero-order valence-corrected chi connectivity index (χ0v) is 17.1. The summed E-state index contributed by atoms with van der Waals surface area (Å²) >= 11 is 0. The Morgan fingerprint density at radius 1 is 1.03 bits per heavy atom. The molecule has 0 bridgehead atoms. The quantitative estimate of drug-likeness (QED) is 0.637. The van der Waals surface area contributed by atoms with Crippen molar-refractivity contribution in [1.82, 2.24) is 0 Å². The maximum Gasteiger partial charge on any atom is 0.335 e. The van der Waals surface area contributed by atoms with Crippen molar-refractivity contribution >= 4 is 11.7 Å². The van der Waals surface area contributed by atoms with Crippen LogP contribution in [0, 0.1) is 19.8 Å². The van der Waals surface area contributed by atoms with E-state index >= 15 is 0 Å². The highest BCUT2D eigenvalue weighted by Crippen LogP contribution is 2.32. The number of nitrogens with zero attached hydrogens (tertiary/aromatic N) is 1. The second kappa shape index (κ2) is 8.12. The third-order valence-electron chi connectivity index (χ3n) is 5.90. The first-order valence-corrected chi connectivity index (χ1v) is 10.2. The molecule has 29 heavy (non-hydrogen) atoms. The van der Waals surface area contributed by atoms with Crippen molar-refractivity contribution < 1.29 is 9.90 Å². The van der Waals surface area contributed by atoms with Crippen molar-refractivity contribution in [3.05, 3.63) is 100 Å². The van der Waals surface area contributed by atoms with E-state index in [0.717, 1.165) is 25.9 Å². The minimum absolute atomic E-state index is 0.346. The number of benzene rings is 3. The van der Waals surface area contributed by atoms with Gasteiger partial charge in [0, 0.05) is 18.8 Å². The van der Waals surface area contributed by atoms with E-state index in [9.17, 15) is 4.79 Å². The highest BCUT2D eigenvalue weighted by atomic mass is 16.4. The Bertz CT molecular complexity index is 1020. The summed E-state index contributed by atoms with van der Waals surface area (Å²) in [5.74, 6) is -0.367. The van der Waals surface area contributed by atoms with E-state index in [2.05, 4.69) is 61.2 Å². The third kappa shape index (κ3) is 4.34. The Hall–Kier alpha value is -3.07. The topological polar surface area (TPSA) is 40.5 Å². The molecule has 148 valence electrons. The number of para-hydroxylation sites is 1. The number of carbonyl (C=O) groups is 1. The highest BCUT2D eigenvalue weighted by molar-refractivity contribution is 5.87. The van der Waals surface area contributed by atoms with Crippen molar-refractivity contribution in [3.8, 4) is 0 Å². The van der Waals surface area contributed by atoms with Crippen LogP contribution in [0.25, 0.3) is 0 Å². The van der Waals surface area contributed by atoms with Crippen molar-refractivity contribution in [3.63, 3.8) is 0 Å². The lowest BCUT2D eigenvalue weighted by Gasteiger charge is -2.37. The van der Waals surface area contributed by atoms with Gasteiger partial charge in [-0.1, -0.05) is 54.1 Å². The van der Waals surface area contributed by atoms with Gasteiger partial charge in [-0.25, -0.2) is 4.79 Å². The monoisotopic (exact) mass is 385 g/mol. The van der Waals surface area contributed by atoms with Crippen molar-refractivity contribution in [2.75, 3.05) is 11.4 Å². The fourth-order valence-electron chi connectivity index (χ4n) is 4.41. The van der Waals surface area contributed by atoms with Crippen molar-refractivity contribution in [2.24, 2.45) is 5.92 Å². The third-order valence-corrected chi connectivity index (χ3v) is 5.90. The predicted molar refractivity (Wildman–Crippen MR) is 118 cm³/mol. The molecule has 0 aromatic heterocycles. The summed E-state index contributed by atoms with van der Waals surface area (Å²) in [6.45, 7) is 6.25. The number of hydrogen-bond donors (Lipinski definition) is 1. The van der Waals surface area contributed by atoms with E-state index in [0.29, 0.717) is 11.5 Å². The number of anilines is 1. The number of hydrogen-bond acceptors (Lipinski definition) is 2. The number of rotatable bonds is 5. The SMILES string of the molecule is Cc1ccc(CN2CC(Cc3ccc(C(=O)O)cc3)Cc3ccccc32)c(C)c1. The van der Waals surface area contributed by atoms with Gasteiger partial charge in [0.2, 0.25) is 0 Å². The van der Waals surface area contributed by atoms with Crippen molar-refractivity contribution in [1.29, 1.82) is 0 Å². The summed E-state index contributed by atoms with van der Waals surface area (Å²) in [7, 11) is 0. The zero-order chi connectivity index (χ0) is 20.4. The molecular formula is C26H27NO2. The second-order valence-corrected chi connectivity index (χ2v) is 8.22. The van der Waals surface area contributed by atoms with Gasteiger partial charge in [-0.3, -0.25) is 0 Å². The van der Waals surface area contributed by atoms with Gasteiger partial charge in [-0.2, -0.15) is 0 Å².